The number of nitrogens with zero attached hydrogens (tertiary/aromatic N) is 5. The lowest BCUT2D eigenvalue weighted by molar-refractivity contribution is -0.274. The van der Waals surface area contributed by atoms with E-state index < -0.39 is 6.36 Å². The molecule has 0 saturated heterocycles. The highest BCUT2D eigenvalue weighted by molar-refractivity contribution is 5.58. The van der Waals surface area contributed by atoms with Gasteiger partial charge in [0.15, 0.2) is 5.69 Å². The van der Waals surface area contributed by atoms with Crippen LogP contribution < -0.4 is 4.74 Å². The molecule has 5 rings (SSSR count). The van der Waals surface area contributed by atoms with Crippen LogP contribution in [-0.4, -0.2) is 31.3 Å². The van der Waals surface area contributed by atoms with Crippen LogP contribution in [0.1, 0.15) is 35.7 Å². The molecule has 3 heterocycles. The monoisotopic (exact) mass is 441 g/mol. The Bertz CT molecular complexity index is 1240. The zero-order valence-corrected chi connectivity index (χ0v) is 17.0. The van der Waals surface area contributed by atoms with Gasteiger partial charge in [-0.15, -0.1) is 13.2 Å². The molecule has 1 aromatic carbocycles. The van der Waals surface area contributed by atoms with Crippen molar-refractivity contribution in [1.29, 1.82) is 0 Å². The molecule has 1 aliphatic carbocycles. The molecule has 32 heavy (non-hydrogen) atoms. The van der Waals surface area contributed by atoms with Crippen LogP contribution in [0.25, 0.3) is 23.0 Å². The molecule has 0 N–H and O–H groups in total. The summed E-state index contributed by atoms with van der Waals surface area (Å²) >= 11 is 0. The fourth-order valence-corrected chi connectivity index (χ4v) is 3.39. The topological polar surface area (TPSA) is 78.9 Å². The van der Waals surface area contributed by atoms with Crippen molar-refractivity contribution in [3.8, 4) is 28.7 Å². The Morgan fingerprint density at radius 2 is 1.91 bits per heavy atom. The Morgan fingerprint density at radius 1 is 1.12 bits per heavy atom. The summed E-state index contributed by atoms with van der Waals surface area (Å²) < 4.78 is 48.0. The first-order chi connectivity index (χ1) is 15.3. The number of halogens is 3. The van der Waals surface area contributed by atoms with Crippen LogP contribution in [0.4, 0.5) is 13.2 Å². The number of aryl methyl sites for hydroxylation is 1. The Morgan fingerprint density at radius 3 is 2.62 bits per heavy atom. The zero-order valence-electron chi connectivity index (χ0n) is 17.0. The van der Waals surface area contributed by atoms with Gasteiger partial charge in [0.1, 0.15) is 5.75 Å². The number of aromatic nitrogens is 5. The largest absolute Gasteiger partial charge is 0.573 e. The van der Waals surface area contributed by atoms with Crippen molar-refractivity contribution < 1.29 is 22.4 Å². The molecule has 0 radical (unpaired) electrons. The maximum absolute atomic E-state index is 12.3. The lowest BCUT2D eigenvalue weighted by Gasteiger charge is -2.08. The van der Waals surface area contributed by atoms with Crippen LogP contribution in [0.3, 0.4) is 0 Å². The van der Waals surface area contributed by atoms with Gasteiger partial charge in [-0.3, -0.25) is 9.67 Å². The van der Waals surface area contributed by atoms with Gasteiger partial charge in [-0.05, 0) is 67.8 Å². The highest BCUT2D eigenvalue weighted by Crippen LogP contribution is 2.39. The molecule has 0 spiro atoms. The average molecular weight is 441 g/mol. The molecular formula is C22H18F3N5O2. The standard InChI is InChI=1S/C22H18F3N5O2/c1-13-10-19(28-30(13)12-14-8-9-26-18(11-14)15-2-3-15)21-27-20(29-32-21)16-4-6-17(7-5-16)31-22(23,24)25/h4-11,15H,2-3,12H2,1H3. The van der Waals surface area contributed by atoms with E-state index in [9.17, 15) is 13.2 Å². The van der Waals surface area contributed by atoms with Crippen LogP contribution in [0.2, 0.25) is 0 Å². The molecule has 3 aromatic heterocycles. The Kier molecular flexibility index (Phi) is 4.91. The number of hydrogen-bond donors (Lipinski definition) is 0. The Hall–Kier alpha value is -3.69. The fraction of sp³-hybridized carbons (Fsp3) is 0.273. The quantitative estimate of drug-likeness (QED) is 0.413. The van der Waals surface area contributed by atoms with Crippen molar-refractivity contribution in [1.82, 2.24) is 24.9 Å². The van der Waals surface area contributed by atoms with E-state index in [0.717, 1.165) is 17.0 Å². The van der Waals surface area contributed by atoms with E-state index in [-0.39, 0.29) is 17.5 Å². The fourth-order valence-electron chi connectivity index (χ4n) is 3.39. The van der Waals surface area contributed by atoms with E-state index in [2.05, 4.69) is 31.0 Å². The predicted molar refractivity (Wildman–Crippen MR) is 108 cm³/mol. The summed E-state index contributed by atoms with van der Waals surface area (Å²) in [5.41, 5.74) is 4.19. The van der Waals surface area contributed by atoms with Crippen LogP contribution in [0.15, 0.2) is 53.2 Å². The molecule has 0 amide bonds. The second kappa shape index (κ2) is 7.77. The number of benzene rings is 1. The molecule has 1 fully saturated rings. The molecule has 0 aliphatic heterocycles. The smallest absolute Gasteiger partial charge is 0.406 e. The third-order valence-electron chi connectivity index (χ3n) is 5.15. The molecule has 4 aromatic rings. The number of rotatable bonds is 6. The van der Waals surface area contributed by atoms with Crippen molar-refractivity contribution in [2.45, 2.75) is 38.6 Å². The second-order valence-electron chi connectivity index (χ2n) is 7.69. The zero-order chi connectivity index (χ0) is 22.3. The SMILES string of the molecule is Cc1cc(-c2nc(-c3ccc(OC(F)(F)F)cc3)no2)nn1Cc1ccnc(C2CC2)c1. The maximum atomic E-state index is 12.3. The molecule has 0 atom stereocenters. The Labute approximate surface area is 180 Å². The van der Waals surface area contributed by atoms with E-state index in [1.807, 2.05) is 29.9 Å². The van der Waals surface area contributed by atoms with Gasteiger partial charge in [-0.1, -0.05) is 5.16 Å². The van der Waals surface area contributed by atoms with E-state index in [4.69, 9.17) is 4.52 Å². The maximum Gasteiger partial charge on any atom is 0.573 e. The summed E-state index contributed by atoms with van der Waals surface area (Å²) in [5.74, 6) is 0.732. The highest BCUT2D eigenvalue weighted by Gasteiger charge is 2.31. The van der Waals surface area contributed by atoms with Crippen molar-refractivity contribution in [2.24, 2.45) is 0 Å². The molecule has 1 saturated carbocycles. The van der Waals surface area contributed by atoms with E-state index >= 15 is 0 Å². The van der Waals surface area contributed by atoms with E-state index in [0.29, 0.717) is 23.7 Å². The first-order valence-electron chi connectivity index (χ1n) is 10.0. The third kappa shape index (κ3) is 4.48. The third-order valence-corrected chi connectivity index (χ3v) is 5.15. The minimum Gasteiger partial charge on any atom is -0.406 e. The van der Waals surface area contributed by atoms with Gasteiger partial charge >= 0.3 is 6.36 Å². The van der Waals surface area contributed by atoms with Crippen molar-refractivity contribution in [2.75, 3.05) is 0 Å². The number of alkyl halides is 3. The van der Waals surface area contributed by atoms with E-state index in [1.165, 1.54) is 37.1 Å². The van der Waals surface area contributed by atoms with Crippen LogP contribution in [-0.2, 0) is 6.54 Å². The lowest BCUT2D eigenvalue weighted by Crippen LogP contribution is -2.16. The van der Waals surface area contributed by atoms with Gasteiger partial charge in [0.05, 0.1) is 6.54 Å². The minimum absolute atomic E-state index is 0.228. The summed E-state index contributed by atoms with van der Waals surface area (Å²) in [6, 6.07) is 11.2. The van der Waals surface area contributed by atoms with Crippen molar-refractivity contribution in [3.05, 3.63) is 65.6 Å². The highest BCUT2D eigenvalue weighted by atomic mass is 19.4. The number of pyridine rings is 1. The molecule has 10 heteroatoms. The molecule has 0 unspecified atom stereocenters. The second-order valence-corrected chi connectivity index (χ2v) is 7.69. The van der Waals surface area contributed by atoms with Crippen LogP contribution in [0.5, 0.6) is 5.75 Å². The van der Waals surface area contributed by atoms with Gasteiger partial charge in [-0.25, -0.2) is 0 Å². The normalized spacial score (nSPS) is 14.0. The summed E-state index contributed by atoms with van der Waals surface area (Å²) in [6.07, 6.45) is -0.525. The van der Waals surface area contributed by atoms with Gasteiger partial charge < -0.3 is 9.26 Å². The summed E-state index contributed by atoms with van der Waals surface area (Å²) in [5, 5.41) is 8.50. The minimum atomic E-state index is -4.74. The summed E-state index contributed by atoms with van der Waals surface area (Å²) in [7, 11) is 0. The first kappa shape index (κ1) is 20.2. The molecular weight excluding hydrogens is 423 g/mol. The first-order valence-corrected chi connectivity index (χ1v) is 10.0. The summed E-state index contributed by atoms with van der Waals surface area (Å²) in [4.78, 5) is 8.78. The average Bonchev–Trinajstić information content (AvgIpc) is 3.38. The van der Waals surface area contributed by atoms with Gasteiger partial charge in [0, 0.05) is 29.1 Å². The summed E-state index contributed by atoms with van der Waals surface area (Å²) in [6.45, 7) is 2.53. The van der Waals surface area contributed by atoms with Crippen LogP contribution in [0, 0.1) is 6.92 Å². The van der Waals surface area contributed by atoms with Gasteiger partial charge in [0.2, 0.25) is 5.82 Å². The molecule has 7 nitrogen and oxygen atoms in total. The molecule has 164 valence electrons. The van der Waals surface area contributed by atoms with E-state index in [1.54, 1.807) is 0 Å². The van der Waals surface area contributed by atoms with Crippen molar-refractivity contribution in [3.63, 3.8) is 0 Å². The number of hydrogen-bond acceptors (Lipinski definition) is 6. The van der Waals surface area contributed by atoms with Crippen LogP contribution >= 0.6 is 0 Å². The molecule has 1 aliphatic rings. The predicted octanol–water partition coefficient (Wildman–Crippen LogP) is 5.13. The molecule has 0 bridgehead atoms. The lowest BCUT2D eigenvalue weighted by atomic mass is 10.2. The number of ether oxygens (including phenoxy) is 1. The Balaban J connectivity index is 1.33. The van der Waals surface area contributed by atoms with Gasteiger partial charge in [0.25, 0.3) is 5.89 Å². The van der Waals surface area contributed by atoms with Crippen molar-refractivity contribution >= 4 is 0 Å². The van der Waals surface area contributed by atoms with Gasteiger partial charge in [-0.2, -0.15) is 10.1 Å².